The summed E-state index contributed by atoms with van der Waals surface area (Å²) in [7, 11) is 0. The molecule has 94 valence electrons. The molecule has 1 aliphatic heterocycles. The lowest BCUT2D eigenvalue weighted by Crippen LogP contribution is -2.23. The monoisotopic (exact) mass is 244 g/mol. The van der Waals surface area contributed by atoms with Crippen molar-refractivity contribution in [1.82, 2.24) is 10.3 Å². The zero-order valence-electron chi connectivity index (χ0n) is 10.1. The van der Waals surface area contributed by atoms with Crippen LogP contribution >= 0.6 is 0 Å². The van der Waals surface area contributed by atoms with Crippen molar-refractivity contribution in [2.45, 2.75) is 12.5 Å². The molecule has 4 nitrogen and oxygen atoms in total. The van der Waals surface area contributed by atoms with Gasteiger partial charge < -0.3 is 15.2 Å². The molecular weight excluding hydrogens is 228 g/mol. The fourth-order valence-corrected chi connectivity index (χ4v) is 2.37. The van der Waals surface area contributed by atoms with Gasteiger partial charge in [-0.15, -0.1) is 0 Å². The molecule has 18 heavy (non-hydrogen) atoms. The number of rotatable bonds is 1. The topological polar surface area (TPSA) is 54.4 Å². The van der Waals surface area contributed by atoms with E-state index in [1.165, 1.54) is 5.56 Å². The highest BCUT2D eigenvalue weighted by molar-refractivity contribution is 5.83. The Balaban J connectivity index is 2.04. The summed E-state index contributed by atoms with van der Waals surface area (Å²) in [5.41, 5.74) is 2.00. The van der Waals surface area contributed by atoms with Crippen LogP contribution in [0.1, 0.15) is 18.0 Å². The highest BCUT2D eigenvalue weighted by atomic mass is 16.5. The van der Waals surface area contributed by atoms with Gasteiger partial charge in [0, 0.05) is 24.3 Å². The number of aromatic hydroxyl groups is 1. The Kier molecular flexibility index (Phi) is 3.13. The third-order valence-corrected chi connectivity index (χ3v) is 3.28. The van der Waals surface area contributed by atoms with Crippen LogP contribution in [-0.4, -0.2) is 29.8 Å². The van der Waals surface area contributed by atoms with E-state index in [1.807, 2.05) is 12.1 Å². The van der Waals surface area contributed by atoms with Crippen LogP contribution in [0.5, 0.6) is 5.75 Å². The molecule has 1 unspecified atom stereocenters. The highest BCUT2D eigenvalue weighted by Crippen LogP contribution is 2.26. The fourth-order valence-electron chi connectivity index (χ4n) is 2.37. The smallest absolute Gasteiger partial charge is 0.117 e. The van der Waals surface area contributed by atoms with Gasteiger partial charge in [-0.1, -0.05) is 0 Å². The lowest BCUT2D eigenvalue weighted by Gasteiger charge is -2.17. The summed E-state index contributed by atoms with van der Waals surface area (Å²) in [4.78, 5) is 4.29. The van der Waals surface area contributed by atoms with Gasteiger partial charge in [0.05, 0.1) is 18.2 Å². The van der Waals surface area contributed by atoms with Gasteiger partial charge in [0.15, 0.2) is 0 Å². The standard InChI is InChI=1S/C14H16N2O2/c17-10-2-3-11-12(4-6-16-13(11)8-10)14-9-18-7-1-5-15-14/h2-4,6,8,14-15,17H,1,5,7,9H2. The minimum atomic E-state index is 0.197. The summed E-state index contributed by atoms with van der Waals surface area (Å²) >= 11 is 0. The quantitative estimate of drug-likeness (QED) is 0.805. The molecule has 0 spiro atoms. The lowest BCUT2D eigenvalue weighted by atomic mass is 10.0. The first-order chi connectivity index (χ1) is 8.84. The Morgan fingerprint density at radius 3 is 3.22 bits per heavy atom. The summed E-state index contributed by atoms with van der Waals surface area (Å²) in [5.74, 6) is 0.247. The number of benzene rings is 1. The van der Waals surface area contributed by atoms with E-state index in [4.69, 9.17) is 4.74 Å². The van der Waals surface area contributed by atoms with Crippen LogP contribution in [0.2, 0.25) is 0 Å². The normalized spacial score (nSPS) is 20.8. The molecule has 4 heteroatoms. The number of hydrogen-bond donors (Lipinski definition) is 2. The van der Waals surface area contributed by atoms with Crippen LogP contribution in [0.15, 0.2) is 30.5 Å². The Morgan fingerprint density at radius 2 is 2.28 bits per heavy atom. The number of ether oxygens (including phenoxy) is 1. The lowest BCUT2D eigenvalue weighted by molar-refractivity contribution is 0.132. The fraction of sp³-hybridized carbons (Fsp3) is 0.357. The third-order valence-electron chi connectivity index (χ3n) is 3.28. The zero-order valence-corrected chi connectivity index (χ0v) is 10.1. The average molecular weight is 244 g/mol. The van der Waals surface area contributed by atoms with Crippen molar-refractivity contribution in [3.8, 4) is 5.75 Å². The maximum absolute atomic E-state index is 9.50. The van der Waals surface area contributed by atoms with E-state index >= 15 is 0 Å². The van der Waals surface area contributed by atoms with Gasteiger partial charge >= 0.3 is 0 Å². The number of phenolic OH excluding ortho intramolecular Hbond substituents is 1. The van der Waals surface area contributed by atoms with E-state index in [2.05, 4.69) is 10.3 Å². The molecule has 1 atom stereocenters. The second kappa shape index (κ2) is 4.92. The van der Waals surface area contributed by atoms with Crippen molar-refractivity contribution in [3.63, 3.8) is 0 Å². The van der Waals surface area contributed by atoms with Gasteiger partial charge in [-0.05, 0) is 36.7 Å². The molecule has 2 N–H and O–H groups in total. The number of pyridine rings is 1. The summed E-state index contributed by atoms with van der Waals surface area (Å²) in [6.45, 7) is 2.46. The predicted molar refractivity (Wildman–Crippen MR) is 69.6 cm³/mol. The average Bonchev–Trinajstić information content (AvgIpc) is 2.66. The van der Waals surface area contributed by atoms with Crippen LogP contribution in [-0.2, 0) is 4.74 Å². The molecule has 3 rings (SSSR count). The maximum Gasteiger partial charge on any atom is 0.117 e. The highest BCUT2D eigenvalue weighted by Gasteiger charge is 2.16. The van der Waals surface area contributed by atoms with Crippen LogP contribution in [0.25, 0.3) is 10.9 Å². The van der Waals surface area contributed by atoms with Crippen molar-refractivity contribution in [3.05, 3.63) is 36.0 Å². The Labute approximate surface area is 106 Å². The summed E-state index contributed by atoms with van der Waals surface area (Å²) < 4.78 is 5.60. The van der Waals surface area contributed by atoms with E-state index in [-0.39, 0.29) is 11.8 Å². The van der Waals surface area contributed by atoms with E-state index in [0.29, 0.717) is 6.61 Å². The van der Waals surface area contributed by atoms with Crippen LogP contribution < -0.4 is 5.32 Å². The second-order valence-corrected chi connectivity index (χ2v) is 4.54. The van der Waals surface area contributed by atoms with Gasteiger partial charge in [0.1, 0.15) is 5.75 Å². The Morgan fingerprint density at radius 1 is 1.33 bits per heavy atom. The summed E-state index contributed by atoms with van der Waals surface area (Å²) in [5, 5.41) is 14.1. The molecule has 1 fully saturated rings. The molecule has 2 heterocycles. The van der Waals surface area contributed by atoms with Gasteiger partial charge in [-0.25, -0.2) is 0 Å². The van der Waals surface area contributed by atoms with E-state index < -0.39 is 0 Å². The minimum absolute atomic E-state index is 0.197. The first-order valence-corrected chi connectivity index (χ1v) is 6.23. The van der Waals surface area contributed by atoms with E-state index in [9.17, 15) is 5.11 Å². The second-order valence-electron chi connectivity index (χ2n) is 4.54. The zero-order chi connectivity index (χ0) is 12.4. The molecule has 1 aromatic heterocycles. The minimum Gasteiger partial charge on any atom is -0.508 e. The molecule has 0 aliphatic carbocycles. The Hall–Kier alpha value is -1.65. The Bertz CT molecular complexity index is 548. The molecule has 1 aliphatic rings. The SMILES string of the molecule is Oc1ccc2c(C3COCCCN3)ccnc2c1. The van der Waals surface area contributed by atoms with Gasteiger partial charge in [-0.2, -0.15) is 0 Å². The molecule has 1 saturated heterocycles. The number of nitrogens with one attached hydrogen (secondary N) is 1. The molecule has 0 bridgehead atoms. The number of hydrogen-bond acceptors (Lipinski definition) is 4. The maximum atomic E-state index is 9.50. The van der Waals surface area contributed by atoms with Crippen molar-refractivity contribution in [2.75, 3.05) is 19.8 Å². The van der Waals surface area contributed by atoms with Crippen molar-refractivity contribution >= 4 is 10.9 Å². The molecule has 1 aromatic carbocycles. The molecule has 0 saturated carbocycles. The van der Waals surface area contributed by atoms with Crippen molar-refractivity contribution in [2.24, 2.45) is 0 Å². The molecule has 2 aromatic rings. The van der Waals surface area contributed by atoms with E-state index in [0.717, 1.165) is 30.5 Å². The van der Waals surface area contributed by atoms with Crippen LogP contribution in [0.4, 0.5) is 0 Å². The molecular formula is C14H16N2O2. The van der Waals surface area contributed by atoms with Crippen LogP contribution in [0, 0.1) is 0 Å². The predicted octanol–water partition coefficient (Wildman–Crippen LogP) is 1.99. The molecule has 0 amide bonds. The number of nitrogens with zero attached hydrogens (tertiary/aromatic N) is 1. The molecule has 0 radical (unpaired) electrons. The van der Waals surface area contributed by atoms with Gasteiger partial charge in [0.2, 0.25) is 0 Å². The first kappa shape index (κ1) is 11.4. The van der Waals surface area contributed by atoms with Crippen molar-refractivity contribution in [1.29, 1.82) is 0 Å². The van der Waals surface area contributed by atoms with Gasteiger partial charge in [-0.3, -0.25) is 4.98 Å². The third kappa shape index (κ3) is 2.17. The first-order valence-electron chi connectivity index (χ1n) is 6.23. The van der Waals surface area contributed by atoms with E-state index in [1.54, 1.807) is 18.3 Å². The number of aromatic nitrogens is 1. The van der Waals surface area contributed by atoms with Crippen molar-refractivity contribution < 1.29 is 9.84 Å². The largest absolute Gasteiger partial charge is 0.508 e. The number of fused-ring (bicyclic) bond motifs is 1. The summed E-state index contributed by atoms with van der Waals surface area (Å²) in [6.07, 6.45) is 2.82. The summed E-state index contributed by atoms with van der Waals surface area (Å²) in [6, 6.07) is 7.52. The van der Waals surface area contributed by atoms with Crippen LogP contribution in [0.3, 0.4) is 0 Å². The number of phenols is 1. The van der Waals surface area contributed by atoms with Gasteiger partial charge in [0.25, 0.3) is 0 Å².